The second-order valence-corrected chi connectivity index (χ2v) is 6.10. The van der Waals surface area contributed by atoms with Crippen LogP contribution in [0, 0.1) is 0 Å². The van der Waals surface area contributed by atoms with Gasteiger partial charge in [-0.2, -0.15) is 0 Å². The lowest BCUT2D eigenvalue weighted by Crippen LogP contribution is -2.34. The van der Waals surface area contributed by atoms with E-state index in [1.54, 1.807) is 23.5 Å². The quantitative estimate of drug-likeness (QED) is 0.883. The van der Waals surface area contributed by atoms with Crippen LogP contribution < -0.4 is 10.5 Å². The van der Waals surface area contributed by atoms with Crippen molar-refractivity contribution < 1.29 is 9.53 Å². The minimum absolute atomic E-state index is 0.0355. The third-order valence-corrected chi connectivity index (χ3v) is 4.64. The van der Waals surface area contributed by atoms with Crippen molar-refractivity contribution in [2.75, 3.05) is 18.9 Å². The number of thiophene rings is 1. The molecule has 5 heteroatoms. The molecule has 21 heavy (non-hydrogen) atoms. The van der Waals surface area contributed by atoms with Crippen molar-refractivity contribution in [1.29, 1.82) is 0 Å². The summed E-state index contributed by atoms with van der Waals surface area (Å²) in [6, 6.07) is 11.5. The lowest BCUT2D eigenvalue weighted by atomic mass is 10.2. The molecule has 1 saturated heterocycles. The molecule has 1 aromatic heterocycles. The summed E-state index contributed by atoms with van der Waals surface area (Å²) in [7, 11) is 0. The van der Waals surface area contributed by atoms with Crippen LogP contribution in [0.2, 0.25) is 0 Å². The fourth-order valence-corrected chi connectivity index (χ4v) is 3.55. The van der Waals surface area contributed by atoms with E-state index in [0.29, 0.717) is 11.4 Å². The van der Waals surface area contributed by atoms with E-state index in [1.165, 1.54) is 4.88 Å². The van der Waals surface area contributed by atoms with Gasteiger partial charge in [0.2, 0.25) is 0 Å². The summed E-state index contributed by atoms with van der Waals surface area (Å²) in [6.45, 7) is 0.868. The number of nitrogens with two attached hydrogens (primary N) is 1. The fourth-order valence-electron chi connectivity index (χ4n) is 2.67. The summed E-state index contributed by atoms with van der Waals surface area (Å²) in [4.78, 5) is 15.6. The average Bonchev–Trinajstić information content (AvgIpc) is 3.14. The number of rotatable bonds is 4. The van der Waals surface area contributed by atoms with Gasteiger partial charge < -0.3 is 15.4 Å². The van der Waals surface area contributed by atoms with Crippen molar-refractivity contribution in [3.8, 4) is 5.75 Å². The Hall–Kier alpha value is -2.01. The predicted molar refractivity (Wildman–Crippen MR) is 84.4 cm³/mol. The van der Waals surface area contributed by atoms with E-state index in [2.05, 4.69) is 11.4 Å². The molecule has 1 amide bonds. The maximum atomic E-state index is 12.4. The Balaban J connectivity index is 1.62. The third-order valence-electron chi connectivity index (χ3n) is 3.67. The molecule has 1 atom stereocenters. The van der Waals surface area contributed by atoms with Crippen LogP contribution in [0.3, 0.4) is 0 Å². The molecule has 1 unspecified atom stereocenters. The first kappa shape index (κ1) is 13.9. The standard InChI is InChI=1S/C16H18N2O2S/c17-12-4-1-5-13(10-12)20-11-16(19)18-8-2-6-14(18)15-7-3-9-21-15/h1,3-5,7,9-10,14H,2,6,8,11,17H2. The smallest absolute Gasteiger partial charge is 0.261 e. The van der Waals surface area contributed by atoms with E-state index in [1.807, 2.05) is 23.1 Å². The first-order valence-electron chi connectivity index (χ1n) is 7.05. The minimum atomic E-state index is 0.0355. The van der Waals surface area contributed by atoms with Gasteiger partial charge in [0.15, 0.2) is 6.61 Å². The van der Waals surface area contributed by atoms with E-state index in [-0.39, 0.29) is 18.6 Å². The number of carbonyl (C=O) groups excluding carboxylic acids is 1. The van der Waals surface area contributed by atoms with Crippen LogP contribution in [-0.4, -0.2) is 24.0 Å². The summed E-state index contributed by atoms with van der Waals surface area (Å²) < 4.78 is 5.56. The van der Waals surface area contributed by atoms with Gasteiger partial charge in [-0.15, -0.1) is 11.3 Å². The SMILES string of the molecule is Nc1cccc(OCC(=O)N2CCCC2c2cccs2)c1. The van der Waals surface area contributed by atoms with Gasteiger partial charge in [0.05, 0.1) is 6.04 Å². The number of nitrogens with zero attached hydrogens (tertiary/aromatic N) is 1. The van der Waals surface area contributed by atoms with Crippen molar-refractivity contribution in [2.45, 2.75) is 18.9 Å². The molecule has 2 heterocycles. The second-order valence-electron chi connectivity index (χ2n) is 5.12. The van der Waals surface area contributed by atoms with Crippen LogP contribution in [-0.2, 0) is 4.79 Å². The van der Waals surface area contributed by atoms with Crippen LogP contribution in [0.25, 0.3) is 0 Å². The Morgan fingerprint density at radius 2 is 2.29 bits per heavy atom. The number of carbonyl (C=O) groups is 1. The van der Waals surface area contributed by atoms with Crippen molar-refractivity contribution in [2.24, 2.45) is 0 Å². The van der Waals surface area contributed by atoms with Gasteiger partial charge in [0.25, 0.3) is 5.91 Å². The molecule has 110 valence electrons. The largest absolute Gasteiger partial charge is 0.484 e. The predicted octanol–water partition coefficient (Wildman–Crippen LogP) is 3.07. The third kappa shape index (κ3) is 3.19. The number of amides is 1. The van der Waals surface area contributed by atoms with Gasteiger partial charge in [-0.1, -0.05) is 12.1 Å². The lowest BCUT2D eigenvalue weighted by Gasteiger charge is -2.24. The Bertz CT molecular complexity index is 612. The fraction of sp³-hybridized carbons (Fsp3) is 0.312. The molecule has 0 spiro atoms. The molecule has 2 aromatic rings. The number of anilines is 1. The van der Waals surface area contributed by atoms with Crippen LogP contribution in [0.4, 0.5) is 5.69 Å². The highest BCUT2D eigenvalue weighted by Gasteiger charge is 2.30. The molecular weight excluding hydrogens is 284 g/mol. The van der Waals surface area contributed by atoms with Gasteiger partial charge in [-0.3, -0.25) is 4.79 Å². The number of hydrogen-bond donors (Lipinski definition) is 1. The maximum Gasteiger partial charge on any atom is 0.261 e. The Labute approximate surface area is 128 Å². The number of likely N-dealkylation sites (tertiary alicyclic amines) is 1. The highest BCUT2D eigenvalue weighted by molar-refractivity contribution is 7.10. The van der Waals surface area contributed by atoms with Gasteiger partial charge in [0, 0.05) is 23.2 Å². The number of hydrogen-bond acceptors (Lipinski definition) is 4. The first-order valence-corrected chi connectivity index (χ1v) is 7.93. The van der Waals surface area contributed by atoms with Crippen LogP contribution in [0.1, 0.15) is 23.8 Å². The molecule has 1 aliphatic heterocycles. The van der Waals surface area contributed by atoms with Gasteiger partial charge in [0.1, 0.15) is 5.75 Å². The minimum Gasteiger partial charge on any atom is -0.484 e. The van der Waals surface area contributed by atoms with Gasteiger partial charge >= 0.3 is 0 Å². The molecule has 1 aliphatic rings. The van der Waals surface area contributed by atoms with Gasteiger partial charge in [-0.25, -0.2) is 0 Å². The first-order chi connectivity index (χ1) is 10.2. The van der Waals surface area contributed by atoms with Crippen LogP contribution in [0.15, 0.2) is 41.8 Å². The molecule has 4 nitrogen and oxygen atoms in total. The molecular formula is C16H18N2O2S. The highest BCUT2D eigenvalue weighted by Crippen LogP contribution is 2.34. The summed E-state index contributed by atoms with van der Waals surface area (Å²) in [5.74, 6) is 0.670. The Kier molecular flexibility index (Phi) is 4.10. The highest BCUT2D eigenvalue weighted by atomic mass is 32.1. The van der Waals surface area contributed by atoms with Crippen molar-refractivity contribution >= 4 is 22.9 Å². The van der Waals surface area contributed by atoms with Crippen molar-refractivity contribution in [3.63, 3.8) is 0 Å². The van der Waals surface area contributed by atoms with Gasteiger partial charge in [-0.05, 0) is 36.4 Å². The number of ether oxygens (including phenoxy) is 1. The van der Waals surface area contributed by atoms with Crippen molar-refractivity contribution in [3.05, 3.63) is 46.7 Å². The number of nitrogen functional groups attached to an aromatic ring is 1. The van der Waals surface area contributed by atoms with E-state index in [0.717, 1.165) is 19.4 Å². The van der Waals surface area contributed by atoms with Crippen molar-refractivity contribution in [1.82, 2.24) is 4.90 Å². The summed E-state index contributed by atoms with van der Waals surface area (Å²) in [6.07, 6.45) is 2.08. The zero-order valence-electron chi connectivity index (χ0n) is 11.7. The monoisotopic (exact) mass is 302 g/mol. The Morgan fingerprint density at radius 1 is 1.38 bits per heavy atom. The zero-order valence-corrected chi connectivity index (χ0v) is 12.5. The Morgan fingerprint density at radius 3 is 3.05 bits per heavy atom. The average molecular weight is 302 g/mol. The molecule has 1 fully saturated rings. The van der Waals surface area contributed by atoms with E-state index >= 15 is 0 Å². The molecule has 0 aliphatic carbocycles. The molecule has 0 radical (unpaired) electrons. The van der Waals surface area contributed by atoms with Crippen LogP contribution >= 0.6 is 11.3 Å². The molecule has 0 saturated carbocycles. The normalized spacial score (nSPS) is 17.9. The summed E-state index contributed by atoms with van der Waals surface area (Å²) in [5, 5.41) is 2.06. The van der Waals surface area contributed by atoms with Crippen LogP contribution in [0.5, 0.6) is 5.75 Å². The summed E-state index contributed by atoms with van der Waals surface area (Å²) >= 11 is 1.71. The second kappa shape index (κ2) is 6.18. The molecule has 2 N–H and O–H groups in total. The number of benzene rings is 1. The van der Waals surface area contributed by atoms with E-state index in [4.69, 9.17) is 10.5 Å². The summed E-state index contributed by atoms with van der Waals surface area (Å²) in [5.41, 5.74) is 6.34. The topological polar surface area (TPSA) is 55.6 Å². The zero-order chi connectivity index (χ0) is 14.7. The lowest BCUT2D eigenvalue weighted by molar-refractivity contribution is -0.134. The molecule has 0 bridgehead atoms. The maximum absolute atomic E-state index is 12.4. The molecule has 1 aromatic carbocycles. The molecule has 3 rings (SSSR count). The van der Waals surface area contributed by atoms with E-state index < -0.39 is 0 Å². The van der Waals surface area contributed by atoms with E-state index in [9.17, 15) is 4.79 Å².